The fourth-order valence-corrected chi connectivity index (χ4v) is 2.98. The van der Waals surface area contributed by atoms with Crippen molar-refractivity contribution in [2.45, 2.75) is 43.9 Å². The summed E-state index contributed by atoms with van der Waals surface area (Å²) >= 11 is 0. The molecule has 0 spiro atoms. The lowest BCUT2D eigenvalue weighted by Gasteiger charge is -2.34. The molecule has 3 N–H and O–H groups in total. The molecule has 26 heavy (non-hydrogen) atoms. The van der Waals surface area contributed by atoms with Crippen LogP contribution < -0.4 is 11.1 Å². The maximum Gasteiger partial charge on any atom is 0.416 e. The number of hydrogen-bond acceptors (Lipinski definition) is 4. The van der Waals surface area contributed by atoms with Crippen LogP contribution >= 0.6 is 12.4 Å². The minimum Gasteiger partial charge on any atom is -0.467 e. The summed E-state index contributed by atoms with van der Waals surface area (Å²) in [4.78, 5) is 24.4. The molecule has 1 amide bonds. The molecule has 0 bridgehead atoms. The van der Waals surface area contributed by atoms with Gasteiger partial charge in [0.1, 0.15) is 0 Å². The first kappa shape index (κ1) is 22.2. The van der Waals surface area contributed by atoms with E-state index in [9.17, 15) is 22.8 Å². The monoisotopic (exact) mass is 394 g/mol. The molecule has 0 aliphatic heterocycles. The molecule has 1 atom stereocenters. The number of amides is 1. The summed E-state index contributed by atoms with van der Waals surface area (Å²) in [7, 11) is 1.15. The predicted molar refractivity (Wildman–Crippen MR) is 91.5 cm³/mol. The van der Waals surface area contributed by atoms with Crippen LogP contribution in [0.1, 0.15) is 37.3 Å². The van der Waals surface area contributed by atoms with Crippen LogP contribution in [0.4, 0.5) is 13.2 Å². The Morgan fingerprint density at radius 2 is 1.69 bits per heavy atom. The number of halogens is 4. The number of esters is 1. The molecule has 9 heteroatoms. The number of alkyl halides is 3. The van der Waals surface area contributed by atoms with Gasteiger partial charge in [-0.05, 0) is 43.4 Å². The van der Waals surface area contributed by atoms with Crippen molar-refractivity contribution >= 4 is 24.3 Å². The molecule has 2 rings (SSSR count). The molecule has 1 aliphatic rings. The molecular formula is C17H22ClF3N2O3. The van der Waals surface area contributed by atoms with Crippen molar-refractivity contribution in [3.8, 4) is 0 Å². The third kappa shape index (κ3) is 4.88. The minimum absolute atomic E-state index is 0. The van der Waals surface area contributed by atoms with E-state index < -0.39 is 23.2 Å². The third-order valence-corrected chi connectivity index (χ3v) is 4.52. The highest BCUT2D eigenvalue weighted by molar-refractivity contribution is 5.89. The number of carbonyl (C=O) groups excluding carboxylic acids is 2. The zero-order valence-corrected chi connectivity index (χ0v) is 15.2. The van der Waals surface area contributed by atoms with Gasteiger partial charge in [0, 0.05) is 12.5 Å². The van der Waals surface area contributed by atoms with E-state index in [0.29, 0.717) is 0 Å². The number of rotatable bonds is 5. The van der Waals surface area contributed by atoms with E-state index in [1.54, 1.807) is 0 Å². The van der Waals surface area contributed by atoms with Crippen molar-refractivity contribution in [2.24, 2.45) is 11.7 Å². The van der Waals surface area contributed by atoms with E-state index >= 15 is 0 Å². The highest BCUT2D eigenvalue weighted by Crippen LogP contribution is 2.32. The number of nitrogens with two attached hydrogens (primary N) is 1. The zero-order valence-electron chi connectivity index (χ0n) is 14.4. The molecular weight excluding hydrogens is 373 g/mol. The number of nitrogens with one attached hydrogen (secondary N) is 1. The van der Waals surface area contributed by atoms with Gasteiger partial charge in [0.2, 0.25) is 5.91 Å². The van der Waals surface area contributed by atoms with Gasteiger partial charge in [-0.2, -0.15) is 13.2 Å². The Morgan fingerprint density at radius 3 is 2.12 bits per heavy atom. The Balaban J connectivity index is 0.00000338. The van der Waals surface area contributed by atoms with Gasteiger partial charge in [0.25, 0.3) is 0 Å². The largest absolute Gasteiger partial charge is 0.467 e. The lowest BCUT2D eigenvalue weighted by Crippen LogP contribution is -2.51. The van der Waals surface area contributed by atoms with Crippen molar-refractivity contribution in [2.75, 3.05) is 7.11 Å². The quantitative estimate of drug-likeness (QED) is 0.752. The highest BCUT2D eigenvalue weighted by atomic mass is 35.5. The summed E-state index contributed by atoms with van der Waals surface area (Å²) in [6, 6.07) is 4.17. The van der Waals surface area contributed by atoms with Gasteiger partial charge >= 0.3 is 12.1 Å². The lowest BCUT2D eigenvalue weighted by molar-refractivity contribution is -0.151. The molecule has 1 unspecified atom stereocenters. The zero-order chi connectivity index (χ0) is 18.8. The van der Waals surface area contributed by atoms with E-state index in [-0.39, 0.29) is 42.3 Å². The average Bonchev–Trinajstić information content (AvgIpc) is 2.51. The number of ether oxygens (including phenoxy) is 1. The molecule has 1 aliphatic carbocycles. The van der Waals surface area contributed by atoms with Crippen LogP contribution in [0.3, 0.4) is 0 Å². The Kier molecular flexibility index (Phi) is 7.07. The Morgan fingerprint density at radius 1 is 1.19 bits per heavy atom. The number of hydrogen-bond donors (Lipinski definition) is 2. The fourth-order valence-electron chi connectivity index (χ4n) is 2.98. The van der Waals surface area contributed by atoms with E-state index in [1.807, 2.05) is 0 Å². The van der Waals surface area contributed by atoms with Crippen molar-refractivity contribution in [1.29, 1.82) is 0 Å². The first-order valence-corrected chi connectivity index (χ1v) is 7.89. The number of benzene rings is 1. The van der Waals surface area contributed by atoms with Gasteiger partial charge in [-0.3, -0.25) is 4.79 Å². The normalized spacial score (nSPS) is 21.6. The van der Waals surface area contributed by atoms with Crippen LogP contribution in [0, 0.1) is 5.92 Å². The molecule has 0 aromatic heterocycles. The van der Waals surface area contributed by atoms with Crippen LogP contribution in [-0.4, -0.2) is 25.0 Å². The summed E-state index contributed by atoms with van der Waals surface area (Å²) in [5.74, 6) is -0.972. The first-order chi connectivity index (χ1) is 11.6. The molecule has 1 fully saturated rings. The fraction of sp³-hybridized carbons (Fsp3) is 0.529. The van der Waals surface area contributed by atoms with E-state index in [4.69, 9.17) is 10.5 Å². The second-order valence-electron chi connectivity index (χ2n) is 6.54. The summed E-state index contributed by atoms with van der Waals surface area (Å²) in [5, 5.41) is 2.60. The van der Waals surface area contributed by atoms with Gasteiger partial charge < -0.3 is 15.8 Å². The molecule has 1 saturated carbocycles. The SMILES string of the molecule is COC(=O)C(C)(NC(=O)CC1CC(N)C1)c1ccc(C(F)(F)F)cc1.Cl. The van der Waals surface area contributed by atoms with Crippen molar-refractivity contribution < 1.29 is 27.5 Å². The topological polar surface area (TPSA) is 81.4 Å². The van der Waals surface area contributed by atoms with Gasteiger partial charge in [0.15, 0.2) is 5.54 Å². The van der Waals surface area contributed by atoms with Crippen molar-refractivity contribution in [3.05, 3.63) is 35.4 Å². The van der Waals surface area contributed by atoms with E-state index in [2.05, 4.69) is 5.32 Å². The number of methoxy groups -OCH3 is 1. The Labute approximate surface area is 155 Å². The highest BCUT2D eigenvalue weighted by Gasteiger charge is 2.40. The third-order valence-electron chi connectivity index (χ3n) is 4.52. The van der Waals surface area contributed by atoms with Gasteiger partial charge in [-0.25, -0.2) is 4.79 Å². The molecule has 5 nitrogen and oxygen atoms in total. The van der Waals surface area contributed by atoms with Crippen molar-refractivity contribution in [3.63, 3.8) is 0 Å². The first-order valence-electron chi connectivity index (χ1n) is 7.89. The van der Waals surface area contributed by atoms with Crippen molar-refractivity contribution in [1.82, 2.24) is 5.32 Å². The van der Waals surface area contributed by atoms with Crippen LogP contribution in [0.5, 0.6) is 0 Å². The minimum atomic E-state index is -4.48. The molecule has 0 saturated heterocycles. The van der Waals surface area contributed by atoms with E-state index in [1.165, 1.54) is 19.1 Å². The molecule has 1 aromatic rings. The smallest absolute Gasteiger partial charge is 0.416 e. The van der Waals surface area contributed by atoms with Crippen LogP contribution in [0.2, 0.25) is 0 Å². The van der Waals surface area contributed by atoms with E-state index in [0.717, 1.165) is 32.1 Å². The van der Waals surface area contributed by atoms with Gasteiger partial charge in [-0.15, -0.1) is 12.4 Å². The summed E-state index contributed by atoms with van der Waals surface area (Å²) in [6.45, 7) is 1.41. The Hall–Kier alpha value is -1.80. The van der Waals surface area contributed by atoms with Gasteiger partial charge in [-0.1, -0.05) is 12.1 Å². The maximum absolute atomic E-state index is 12.7. The summed E-state index contributed by atoms with van der Waals surface area (Å²) < 4.78 is 42.8. The van der Waals surface area contributed by atoms with Crippen LogP contribution in [0.15, 0.2) is 24.3 Å². The second-order valence-corrected chi connectivity index (χ2v) is 6.54. The molecule has 146 valence electrons. The summed E-state index contributed by atoms with van der Waals surface area (Å²) in [5.41, 5.74) is 3.50. The maximum atomic E-state index is 12.7. The second kappa shape index (κ2) is 8.26. The molecule has 0 radical (unpaired) electrons. The Bertz CT molecular complexity index is 646. The lowest BCUT2D eigenvalue weighted by atomic mass is 9.78. The molecule has 0 heterocycles. The molecule has 1 aromatic carbocycles. The summed E-state index contributed by atoms with van der Waals surface area (Å²) in [6.07, 6.45) is -2.79. The predicted octanol–water partition coefficient (Wildman–Crippen LogP) is 2.76. The average molecular weight is 395 g/mol. The van der Waals surface area contributed by atoms with Crippen LogP contribution in [-0.2, 0) is 26.0 Å². The number of carbonyl (C=O) groups is 2. The van der Waals surface area contributed by atoms with Gasteiger partial charge in [0.05, 0.1) is 12.7 Å². The standard InChI is InChI=1S/C17H21F3N2O3.ClH/c1-16(15(24)25-2,22-14(23)9-10-7-13(21)8-10)11-3-5-12(6-4-11)17(18,19)20;/h3-6,10,13H,7-9,21H2,1-2H3,(H,22,23);1H. The van der Waals surface area contributed by atoms with Crippen LogP contribution in [0.25, 0.3) is 0 Å².